The molecule has 2 atom stereocenters. The van der Waals surface area contributed by atoms with E-state index >= 15 is 0 Å². The van der Waals surface area contributed by atoms with Crippen molar-refractivity contribution in [1.82, 2.24) is 25.1 Å². The lowest BCUT2D eigenvalue weighted by atomic mass is 10.0. The molecule has 3 aliphatic rings. The largest absolute Gasteiger partial charge is 0.356 e. The molecule has 3 fully saturated rings. The Kier molecular flexibility index (Phi) is 3.52. The van der Waals surface area contributed by atoms with Crippen LogP contribution < -0.4 is 4.90 Å². The van der Waals surface area contributed by atoms with Gasteiger partial charge >= 0.3 is 0 Å². The van der Waals surface area contributed by atoms with E-state index in [1.807, 2.05) is 17.9 Å². The molecule has 2 aliphatic heterocycles. The fraction of sp³-hybridized carbons (Fsp3) is 0.579. The third kappa shape index (κ3) is 2.57. The quantitative estimate of drug-likeness (QED) is 0.913. The van der Waals surface area contributed by atoms with E-state index in [1.54, 1.807) is 6.33 Å². The molecule has 1 aliphatic carbocycles. The van der Waals surface area contributed by atoms with Crippen molar-refractivity contribution < 1.29 is 4.79 Å². The normalized spacial score (nSPS) is 25.0. The molecule has 4 heterocycles. The first-order valence-corrected chi connectivity index (χ1v) is 9.48. The first kappa shape index (κ1) is 15.8. The number of aromatic amines is 1. The zero-order chi connectivity index (χ0) is 17.8. The Morgan fingerprint density at radius 1 is 1.12 bits per heavy atom. The van der Waals surface area contributed by atoms with E-state index in [9.17, 15) is 4.79 Å². The molecule has 2 saturated heterocycles. The molecular formula is C19H24N6O. The smallest absolute Gasteiger partial charge is 0.274 e. The molecule has 5 rings (SSSR count). The molecule has 1 N–H and O–H groups in total. The number of hydrogen-bond donors (Lipinski definition) is 1. The molecule has 2 unspecified atom stereocenters. The molecule has 1 saturated carbocycles. The predicted molar refractivity (Wildman–Crippen MR) is 97.2 cm³/mol. The van der Waals surface area contributed by atoms with Gasteiger partial charge in [0, 0.05) is 60.9 Å². The van der Waals surface area contributed by atoms with Gasteiger partial charge in [-0.1, -0.05) is 0 Å². The number of nitrogens with zero attached hydrogens (tertiary/aromatic N) is 5. The minimum atomic E-state index is 0.0724. The maximum absolute atomic E-state index is 12.8. The second-order valence-electron chi connectivity index (χ2n) is 8.03. The fourth-order valence-corrected chi connectivity index (χ4v) is 4.39. The number of likely N-dealkylation sites (tertiary alicyclic amines) is 1. The fourth-order valence-electron chi connectivity index (χ4n) is 4.39. The van der Waals surface area contributed by atoms with Crippen LogP contribution in [-0.4, -0.2) is 57.2 Å². The first-order valence-electron chi connectivity index (χ1n) is 9.48. The van der Waals surface area contributed by atoms with Crippen molar-refractivity contribution in [3.8, 4) is 0 Å². The van der Waals surface area contributed by atoms with Crippen LogP contribution in [0.25, 0.3) is 0 Å². The molecule has 136 valence electrons. The number of carbonyl (C=O) groups is 1. The topological polar surface area (TPSA) is 78.0 Å². The Balaban J connectivity index is 1.26. The SMILES string of the molecule is Cc1ncnc(N2CC3CN(C(=O)c4cc(C5CC5)[nH]n4)CC3C2)c1C. The van der Waals surface area contributed by atoms with E-state index in [4.69, 9.17) is 0 Å². The third-order valence-corrected chi connectivity index (χ3v) is 6.22. The van der Waals surface area contributed by atoms with E-state index in [0.717, 1.165) is 48.9 Å². The summed E-state index contributed by atoms with van der Waals surface area (Å²) in [6, 6.07) is 1.95. The second kappa shape index (κ2) is 5.79. The Morgan fingerprint density at radius 3 is 2.54 bits per heavy atom. The Labute approximate surface area is 152 Å². The van der Waals surface area contributed by atoms with Crippen LogP contribution in [0.15, 0.2) is 12.4 Å². The highest BCUT2D eigenvalue weighted by Gasteiger charge is 2.43. The van der Waals surface area contributed by atoms with Crippen LogP contribution in [0.4, 0.5) is 5.82 Å². The second-order valence-corrected chi connectivity index (χ2v) is 8.03. The average Bonchev–Trinajstić information content (AvgIpc) is 3.05. The number of aryl methyl sites for hydroxylation is 1. The predicted octanol–water partition coefficient (Wildman–Crippen LogP) is 1.90. The lowest BCUT2D eigenvalue weighted by molar-refractivity contribution is 0.0776. The number of amides is 1. The Bertz CT molecular complexity index is 843. The van der Waals surface area contributed by atoms with Crippen LogP contribution in [0.2, 0.25) is 0 Å². The van der Waals surface area contributed by atoms with Gasteiger partial charge in [0.1, 0.15) is 17.8 Å². The monoisotopic (exact) mass is 352 g/mol. The molecule has 0 spiro atoms. The Morgan fingerprint density at radius 2 is 1.85 bits per heavy atom. The number of rotatable bonds is 3. The zero-order valence-corrected chi connectivity index (χ0v) is 15.3. The van der Waals surface area contributed by atoms with Crippen molar-refractivity contribution in [3.05, 3.63) is 35.0 Å². The molecule has 2 aromatic rings. The highest BCUT2D eigenvalue weighted by atomic mass is 16.2. The van der Waals surface area contributed by atoms with Crippen LogP contribution in [0, 0.1) is 25.7 Å². The van der Waals surface area contributed by atoms with E-state index in [2.05, 4.69) is 32.0 Å². The van der Waals surface area contributed by atoms with Gasteiger partial charge in [-0.3, -0.25) is 9.89 Å². The number of H-pyrrole nitrogens is 1. The molecule has 2 aromatic heterocycles. The van der Waals surface area contributed by atoms with Crippen molar-refractivity contribution in [3.63, 3.8) is 0 Å². The molecule has 7 nitrogen and oxygen atoms in total. The van der Waals surface area contributed by atoms with Crippen LogP contribution in [-0.2, 0) is 0 Å². The van der Waals surface area contributed by atoms with Gasteiger partial charge in [0.15, 0.2) is 0 Å². The lowest BCUT2D eigenvalue weighted by Crippen LogP contribution is -2.34. The maximum Gasteiger partial charge on any atom is 0.274 e. The minimum absolute atomic E-state index is 0.0724. The highest BCUT2D eigenvalue weighted by Crippen LogP contribution is 2.39. The van der Waals surface area contributed by atoms with Gasteiger partial charge in [-0.05, 0) is 32.8 Å². The Hall–Kier alpha value is -2.44. The summed E-state index contributed by atoms with van der Waals surface area (Å²) in [5.41, 5.74) is 3.89. The number of fused-ring (bicyclic) bond motifs is 1. The molecule has 7 heteroatoms. The highest BCUT2D eigenvalue weighted by molar-refractivity contribution is 5.92. The number of hydrogen-bond acceptors (Lipinski definition) is 5. The number of nitrogens with one attached hydrogen (secondary N) is 1. The van der Waals surface area contributed by atoms with Crippen LogP contribution in [0.5, 0.6) is 0 Å². The summed E-state index contributed by atoms with van der Waals surface area (Å²) in [4.78, 5) is 25.9. The van der Waals surface area contributed by atoms with Crippen molar-refractivity contribution in [2.75, 3.05) is 31.1 Å². The van der Waals surface area contributed by atoms with Gasteiger partial charge in [-0.25, -0.2) is 9.97 Å². The standard InChI is InChI=1S/C19H24N6O/c1-11-12(2)20-10-21-18(11)24-6-14-8-25(9-15(14)7-24)19(26)17-5-16(22-23-17)13-3-4-13/h5,10,13-15H,3-4,6-9H2,1-2H3,(H,22,23). The van der Waals surface area contributed by atoms with Gasteiger partial charge in [0.2, 0.25) is 0 Å². The maximum atomic E-state index is 12.8. The molecule has 26 heavy (non-hydrogen) atoms. The molecule has 1 amide bonds. The first-order chi connectivity index (χ1) is 12.6. The summed E-state index contributed by atoms with van der Waals surface area (Å²) < 4.78 is 0. The molecular weight excluding hydrogens is 328 g/mol. The molecule has 0 radical (unpaired) electrons. The minimum Gasteiger partial charge on any atom is -0.356 e. The lowest BCUT2D eigenvalue weighted by Gasteiger charge is -2.23. The van der Waals surface area contributed by atoms with E-state index in [1.165, 1.54) is 12.8 Å². The summed E-state index contributed by atoms with van der Waals surface area (Å²) in [6.07, 6.45) is 4.07. The summed E-state index contributed by atoms with van der Waals surface area (Å²) in [7, 11) is 0. The van der Waals surface area contributed by atoms with Gasteiger partial charge in [-0.2, -0.15) is 5.10 Å². The van der Waals surface area contributed by atoms with Crippen molar-refractivity contribution in [2.45, 2.75) is 32.6 Å². The van der Waals surface area contributed by atoms with Gasteiger partial charge in [0.25, 0.3) is 5.91 Å². The van der Waals surface area contributed by atoms with Crippen LogP contribution in [0.3, 0.4) is 0 Å². The van der Waals surface area contributed by atoms with Crippen LogP contribution in [0.1, 0.15) is 46.2 Å². The van der Waals surface area contributed by atoms with Crippen LogP contribution >= 0.6 is 0 Å². The zero-order valence-electron chi connectivity index (χ0n) is 15.3. The van der Waals surface area contributed by atoms with E-state index in [-0.39, 0.29) is 5.91 Å². The average molecular weight is 352 g/mol. The molecule has 0 aromatic carbocycles. The number of carbonyl (C=O) groups excluding carboxylic acids is 1. The van der Waals surface area contributed by atoms with Gasteiger partial charge < -0.3 is 9.80 Å². The molecule has 0 bridgehead atoms. The number of anilines is 1. The summed E-state index contributed by atoms with van der Waals surface area (Å²) >= 11 is 0. The van der Waals surface area contributed by atoms with Crippen molar-refractivity contribution >= 4 is 11.7 Å². The summed E-state index contributed by atoms with van der Waals surface area (Å²) in [5, 5.41) is 7.30. The van der Waals surface area contributed by atoms with E-state index < -0.39 is 0 Å². The third-order valence-electron chi connectivity index (χ3n) is 6.22. The summed E-state index contributed by atoms with van der Waals surface area (Å²) in [6.45, 7) is 7.66. The summed E-state index contributed by atoms with van der Waals surface area (Å²) in [5.74, 6) is 2.73. The van der Waals surface area contributed by atoms with Crippen molar-refractivity contribution in [2.24, 2.45) is 11.8 Å². The van der Waals surface area contributed by atoms with E-state index in [0.29, 0.717) is 23.4 Å². The van der Waals surface area contributed by atoms with Gasteiger partial charge in [0.05, 0.1) is 0 Å². The van der Waals surface area contributed by atoms with Gasteiger partial charge in [-0.15, -0.1) is 0 Å². The number of aromatic nitrogens is 4. The van der Waals surface area contributed by atoms with Crippen molar-refractivity contribution in [1.29, 1.82) is 0 Å².